The van der Waals surface area contributed by atoms with E-state index >= 15 is 0 Å². The van der Waals surface area contributed by atoms with E-state index in [1.807, 2.05) is 18.2 Å². The maximum Gasteiger partial charge on any atom is 0.331 e. The van der Waals surface area contributed by atoms with Crippen LogP contribution in [0.1, 0.15) is 5.56 Å². The summed E-state index contributed by atoms with van der Waals surface area (Å²) in [5.41, 5.74) is 1.38. The maximum absolute atomic E-state index is 12.5. The Balaban J connectivity index is 1.62. The van der Waals surface area contributed by atoms with Crippen LogP contribution >= 0.6 is 0 Å². The molecule has 156 valence electrons. The van der Waals surface area contributed by atoms with Gasteiger partial charge in [-0.05, 0) is 35.9 Å². The standard InChI is InChI=1S/C23H23NO6/c1-3-11-24(18-7-5-4-6-8-18)21(25)16-30-22(26)10-9-17-14-19(27-2)23-20(15-17)28-12-13-29-23/h3-10,14-15H,1,11-13,16H2,2H3/b10-9+. The van der Waals surface area contributed by atoms with Gasteiger partial charge in [-0.1, -0.05) is 24.3 Å². The van der Waals surface area contributed by atoms with Gasteiger partial charge in [-0.15, -0.1) is 6.58 Å². The van der Waals surface area contributed by atoms with Crippen molar-refractivity contribution < 1.29 is 28.5 Å². The summed E-state index contributed by atoms with van der Waals surface area (Å²) in [5, 5.41) is 0. The zero-order valence-electron chi connectivity index (χ0n) is 16.7. The highest BCUT2D eigenvalue weighted by Crippen LogP contribution is 2.40. The highest BCUT2D eigenvalue weighted by molar-refractivity contribution is 5.96. The van der Waals surface area contributed by atoms with Crippen molar-refractivity contribution in [2.24, 2.45) is 0 Å². The van der Waals surface area contributed by atoms with Gasteiger partial charge in [0.15, 0.2) is 18.1 Å². The molecular weight excluding hydrogens is 386 g/mol. The number of fused-ring (bicyclic) bond motifs is 1. The van der Waals surface area contributed by atoms with Crippen molar-refractivity contribution in [1.29, 1.82) is 0 Å². The van der Waals surface area contributed by atoms with Crippen LogP contribution in [0.3, 0.4) is 0 Å². The van der Waals surface area contributed by atoms with Crippen LogP contribution in [0, 0.1) is 0 Å². The summed E-state index contributed by atoms with van der Waals surface area (Å²) >= 11 is 0. The van der Waals surface area contributed by atoms with Gasteiger partial charge in [-0.25, -0.2) is 4.79 Å². The molecule has 30 heavy (non-hydrogen) atoms. The molecule has 0 unspecified atom stereocenters. The van der Waals surface area contributed by atoms with E-state index in [2.05, 4.69) is 6.58 Å². The number of hydrogen-bond acceptors (Lipinski definition) is 6. The Morgan fingerprint density at radius 3 is 2.67 bits per heavy atom. The first-order valence-corrected chi connectivity index (χ1v) is 9.41. The number of para-hydroxylation sites is 1. The molecule has 0 atom stereocenters. The summed E-state index contributed by atoms with van der Waals surface area (Å²) in [6.07, 6.45) is 4.42. The van der Waals surface area contributed by atoms with Crippen LogP contribution < -0.4 is 19.1 Å². The molecule has 1 amide bonds. The number of ether oxygens (including phenoxy) is 4. The van der Waals surface area contributed by atoms with Crippen LogP contribution in [-0.2, 0) is 14.3 Å². The molecule has 0 radical (unpaired) electrons. The van der Waals surface area contributed by atoms with Crippen LogP contribution in [-0.4, -0.2) is 45.4 Å². The van der Waals surface area contributed by atoms with Crippen molar-refractivity contribution in [3.05, 3.63) is 66.8 Å². The molecule has 7 nitrogen and oxygen atoms in total. The molecule has 3 rings (SSSR count). The zero-order chi connectivity index (χ0) is 21.3. The van der Waals surface area contributed by atoms with Gasteiger partial charge in [0.1, 0.15) is 13.2 Å². The molecule has 0 aromatic heterocycles. The lowest BCUT2D eigenvalue weighted by Gasteiger charge is -2.21. The van der Waals surface area contributed by atoms with E-state index in [-0.39, 0.29) is 12.5 Å². The molecule has 2 aromatic carbocycles. The molecule has 0 spiro atoms. The number of methoxy groups -OCH3 is 1. The van der Waals surface area contributed by atoms with E-state index in [0.29, 0.717) is 48.3 Å². The van der Waals surface area contributed by atoms with Gasteiger partial charge in [0.25, 0.3) is 5.91 Å². The molecule has 0 saturated heterocycles. The summed E-state index contributed by atoms with van der Waals surface area (Å²) in [5.74, 6) is 0.620. The van der Waals surface area contributed by atoms with Crippen molar-refractivity contribution in [2.45, 2.75) is 0 Å². The lowest BCUT2D eigenvalue weighted by atomic mass is 10.1. The second kappa shape index (κ2) is 10.2. The first-order chi connectivity index (χ1) is 14.6. The monoisotopic (exact) mass is 409 g/mol. The largest absolute Gasteiger partial charge is 0.493 e. The van der Waals surface area contributed by atoms with Crippen LogP contribution in [0.15, 0.2) is 61.2 Å². The Morgan fingerprint density at radius 1 is 1.17 bits per heavy atom. The number of hydrogen-bond donors (Lipinski definition) is 0. The second-order valence-corrected chi connectivity index (χ2v) is 6.32. The molecule has 2 aromatic rings. The third-order valence-electron chi connectivity index (χ3n) is 4.28. The minimum Gasteiger partial charge on any atom is -0.493 e. The van der Waals surface area contributed by atoms with Gasteiger partial charge >= 0.3 is 5.97 Å². The first-order valence-electron chi connectivity index (χ1n) is 9.41. The summed E-state index contributed by atoms with van der Waals surface area (Å²) in [6, 6.07) is 12.6. The molecule has 1 heterocycles. The van der Waals surface area contributed by atoms with Gasteiger partial charge in [0.2, 0.25) is 5.75 Å². The Hall–Kier alpha value is -3.74. The molecule has 0 saturated carbocycles. The molecule has 0 bridgehead atoms. The van der Waals surface area contributed by atoms with Gasteiger partial charge in [-0.3, -0.25) is 4.79 Å². The lowest BCUT2D eigenvalue weighted by Crippen LogP contribution is -2.34. The average Bonchev–Trinajstić information content (AvgIpc) is 2.79. The van der Waals surface area contributed by atoms with E-state index in [9.17, 15) is 9.59 Å². The Labute approximate surface area is 175 Å². The van der Waals surface area contributed by atoms with E-state index in [1.54, 1.807) is 36.4 Å². The minimum absolute atomic E-state index is 0.313. The number of nitrogens with zero attached hydrogens (tertiary/aromatic N) is 1. The summed E-state index contributed by atoms with van der Waals surface area (Å²) < 4.78 is 21.5. The molecule has 7 heteroatoms. The van der Waals surface area contributed by atoms with Gasteiger partial charge in [0, 0.05) is 18.3 Å². The summed E-state index contributed by atoms with van der Waals surface area (Å²) in [7, 11) is 1.53. The Bertz CT molecular complexity index is 921. The molecule has 1 aliphatic rings. The highest BCUT2D eigenvalue weighted by Gasteiger charge is 2.18. The van der Waals surface area contributed by atoms with Crippen molar-refractivity contribution in [3.8, 4) is 17.2 Å². The molecule has 1 aliphatic heterocycles. The van der Waals surface area contributed by atoms with Gasteiger partial charge in [0.05, 0.1) is 7.11 Å². The smallest absolute Gasteiger partial charge is 0.331 e. The number of carbonyl (C=O) groups is 2. The van der Waals surface area contributed by atoms with Crippen molar-refractivity contribution in [2.75, 3.05) is 38.4 Å². The summed E-state index contributed by atoms with van der Waals surface area (Å²) in [6.45, 7) is 4.49. The number of carbonyl (C=O) groups excluding carboxylic acids is 2. The van der Waals surface area contributed by atoms with Crippen molar-refractivity contribution in [1.82, 2.24) is 0 Å². The van der Waals surface area contributed by atoms with Gasteiger partial charge in [-0.2, -0.15) is 0 Å². The van der Waals surface area contributed by atoms with Crippen molar-refractivity contribution >= 4 is 23.6 Å². The fourth-order valence-electron chi connectivity index (χ4n) is 2.90. The zero-order valence-corrected chi connectivity index (χ0v) is 16.7. The quantitative estimate of drug-likeness (QED) is 0.379. The molecule has 0 aliphatic carbocycles. The van der Waals surface area contributed by atoms with Crippen molar-refractivity contribution in [3.63, 3.8) is 0 Å². The average molecular weight is 409 g/mol. The third-order valence-corrected chi connectivity index (χ3v) is 4.28. The predicted molar refractivity (Wildman–Crippen MR) is 113 cm³/mol. The predicted octanol–water partition coefficient (Wildman–Crippen LogP) is 3.24. The number of anilines is 1. The number of rotatable bonds is 8. The van der Waals surface area contributed by atoms with Crippen LogP contribution in [0.2, 0.25) is 0 Å². The van der Waals surface area contributed by atoms with E-state index < -0.39 is 5.97 Å². The fourth-order valence-corrected chi connectivity index (χ4v) is 2.90. The Morgan fingerprint density at radius 2 is 1.93 bits per heavy atom. The highest BCUT2D eigenvalue weighted by atomic mass is 16.6. The molecule has 0 N–H and O–H groups in total. The fraction of sp³-hybridized carbons (Fsp3) is 0.217. The van der Waals surface area contributed by atoms with Gasteiger partial charge < -0.3 is 23.8 Å². The molecule has 0 fully saturated rings. The van der Waals surface area contributed by atoms with Crippen LogP contribution in [0.25, 0.3) is 6.08 Å². The topological polar surface area (TPSA) is 74.3 Å². The van der Waals surface area contributed by atoms with Crippen LogP contribution in [0.5, 0.6) is 17.2 Å². The minimum atomic E-state index is -0.635. The lowest BCUT2D eigenvalue weighted by molar-refractivity contribution is -0.142. The van der Waals surface area contributed by atoms with E-state index in [4.69, 9.17) is 18.9 Å². The Kier molecular flexibility index (Phi) is 7.10. The van der Waals surface area contributed by atoms with E-state index in [0.717, 1.165) is 0 Å². The number of esters is 1. The maximum atomic E-state index is 12.5. The number of amides is 1. The normalized spacial score (nSPS) is 12.3. The van der Waals surface area contributed by atoms with E-state index in [1.165, 1.54) is 18.1 Å². The number of benzene rings is 2. The molecular formula is C23H23NO6. The third kappa shape index (κ3) is 5.20. The second-order valence-electron chi connectivity index (χ2n) is 6.32. The first kappa shape index (κ1) is 21.0. The summed E-state index contributed by atoms with van der Waals surface area (Å²) in [4.78, 5) is 26.1. The SMILES string of the molecule is C=CCN(C(=O)COC(=O)/C=C/c1cc(OC)c2c(c1)OCCO2)c1ccccc1. The van der Waals surface area contributed by atoms with Crippen LogP contribution in [0.4, 0.5) is 5.69 Å².